The van der Waals surface area contributed by atoms with E-state index >= 15 is 0 Å². The SMILES string of the molecule is Cn1cccc1[C@H](N)CC(F)(F)F. The molecule has 0 spiro atoms. The fourth-order valence-electron chi connectivity index (χ4n) is 1.21. The van der Waals surface area contributed by atoms with Crippen molar-refractivity contribution in [3.05, 3.63) is 24.0 Å². The third-order valence-electron chi connectivity index (χ3n) is 1.82. The predicted molar refractivity (Wildman–Crippen MR) is 43.0 cm³/mol. The minimum atomic E-state index is -4.20. The van der Waals surface area contributed by atoms with Crippen LogP contribution in [0.15, 0.2) is 18.3 Å². The van der Waals surface area contributed by atoms with Gasteiger partial charge in [0.1, 0.15) is 0 Å². The summed E-state index contributed by atoms with van der Waals surface area (Å²) in [5.74, 6) is 0. The maximum atomic E-state index is 11.9. The molecule has 0 saturated heterocycles. The van der Waals surface area contributed by atoms with Crippen molar-refractivity contribution in [1.29, 1.82) is 0 Å². The molecule has 2 N–H and O–H groups in total. The number of alkyl halides is 3. The summed E-state index contributed by atoms with van der Waals surface area (Å²) < 4.78 is 37.4. The number of aryl methyl sites for hydroxylation is 1. The van der Waals surface area contributed by atoms with Gasteiger partial charge in [0.05, 0.1) is 12.5 Å². The largest absolute Gasteiger partial charge is 0.390 e. The van der Waals surface area contributed by atoms with Crippen LogP contribution in [0, 0.1) is 0 Å². The molecule has 0 aliphatic heterocycles. The summed E-state index contributed by atoms with van der Waals surface area (Å²) in [5.41, 5.74) is 5.88. The van der Waals surface area contributed by atoms with Crippen LogP contribution in [0.2, 0.25) is 0 Å². The van der Waals surface area contributed by atoms with Crippen LogP contribution in [-0.2, 0) is 7.05 Å². The monoisotopic (exact) mass is 192 g/mol. The van der Waals surface area contributed by atoms with Gasteiger partial charge in [-0.05, 0) is 12.1 Å². The Morgan fingerprint density at radius 1 is 1.54 bits per heavy atom. The molecular weight excluding hydrogens is 181 g/mol. The summed E-state index contributed by atoms with van der Waals surface area (Å²) in [5, 5.41) is 0. The molecule has 1 aromatic heterocycles. The first-order valence-corrected chi connectivity index (χ1v) is 3.84. The number of hydrogen-bond donors (Lipinski definition) is 1. The minimum absolute atomic E-state index is 0.498. The van der Waals surface area contributed by atoms with Gasteiger partial charge in [-0.25, -0.2) is 0 Å². The minimum Gasteiger partial charge on any atom is -0.353 e. The van der Waals surface area contributed by atoms with Crippen molar-refractivity contribution in [2.24, 2.45) is 12.8 Å². The van der Waals surface area contributed by atoms with E-state index in [0.717, 1.165) is 0 Å². The van der Waals surface area contributed by atoms with Gasteiger partial charge in [-0.2, -0.15) is 13.2 Å². The third-order valence-corrected chi connectivity index (χ3v) is 1.82. The lowest BCUT2D eigenvalue weighted by Gasteiger charge is -2.14. The van der Waals surface area contributed by atoms with Crippen LogP contribution < -0.4 is 5.73 Å². The average Bonchev–Trinajstić information content (AvgIpc) is 2.30. The molecule has 5 heteroatoms. The molecule has 1 atom stereocenters. The smallest absolute Gasteiger partial charge is 0.353 e. The Morgan fingerprint density at radius 3 is 2.54 bits per heavy atom. The quantitative estimate of drug-likeness (QED) is 0.763. The van der Waals surface area contributed by atoms with E-state index in [9.17, 15) is 13.2 Å². The highest BCUT2D eigenvalue weighted by Gasteiger charge is 2.31. The number of nitrogens with zero attached hydrogens (tertiary/aromatic N) is 1. The predicted octanol–water partition coefficient (Wildman–Crippen LogP) is 1.98. The van der Waals surface area contributed by atoms with Gasteiger partial charge in [-0.15, -0.1) is 0 Å². The van der Waals surface area contributed by atoms with E-state index < -0.39 is 18.6 Å². The summed E-state index contributed by atoms with van der Waals surface area (Å²) in [6.45, 7) is 0. The lowest BCUT2D eigenvalue weighted by atomic mass is 10.1. The van der Waals surface area contributed by atoms with Crippen molar-refractivity contribution in [3.8, 4) is 0 Å². The van der Waals surface area contributed by atoms with E-state index in [2.05, 4.69) is 0 Å². The third kappa shape index (κ3) is 2.77. The lowest BCUT2D eigenvalue weighted by Crippen LogP contribution is -2.21. The van der Waals surface area contributed by atoms with Crippen molar-refractivity contribution >= 4 is 0 Å². The van der Waals surface area contributed by atoms with E-state index in [4.69, 9.17) is 5.73 Å². The summed E-state index contributed by atoms with van der Waals surface area (Å²) in [6.07, 6.45) is -3.51. The molecule has 0 bridgehead atoms. The first-order chi connectivity index (χ1) is 5.90. The molecule has 13 heavy (non-hydrogen) atoms. The van der Waals surface area contributed by atoms with E-state index in [0.29, 0.717) is 5.69 Å². The maximum Gasteiger partial charge on any atom is 0.390 e. The molecule has 0 fully saturated rings. The van der Waals surface area contributed by atoms with E-state index in [1.807, 2.05) is 0 Å². The molecule has 0 aliphatic carbocycles. The zero-order valence-electron chi connectivity index (χ0n) is 7.17. The highest BCUT2D eigenvalue weighted by molar-refractivity contribution is 5.11. The number of aromatic nitrogens is 1. The second-order valence-corrected chi connectivity index (χ2v) is 2.97. The van der Waals surface area contributed by atoms with Crippen LogP contribution in [0.4, 0.5) is 13.2 Å². The molecule has 74 valence electrons. The van der Waals surface area contributed by atoms with Gasteiger partial charge in [0.25, 0.3) is 0 Å². The average molecular weight is 192 g/mol. The lowest BCUT2D eigenvalue weighted by molar-refractivity contribution is -0.138. The van der Waals surface area contributed by atoms with Gasteiger partial charge in [0.2, 0.25) is 0 Å². The Morgan fingerprint density at radius 2 is 2.15 bits per heavy atom. The summed E-state index contributed by atoms with van der Waals surface area (Å²) in [6, 6.07) is 2.29. The van der Waals surface area contributed by atoms with Crippen molar-refractivity contribution in [2.45, 2.75) is 18.6 Å². The van der Waals surface area contributed by atoms with Gasteiger partial charge in [0.15, 0.2) is 0 Å². The Kier molecular flexibility index (Phi) is 2.66. The molecule has 0 saturated carbocycles. The first kappa shape index (κ1) is 10.1. The number of hydrogen-bond acceptors (Lipinski definition) is 1. The zero-order chi connectivity index (χ0) is 10.1. The fourth-order valence-corrected chi connectivity index (χ4v) is 1.21. The fraction of sp³-hybridized carbons (Fsp3) is 0.500. The van der Waals surface area contributed by atoms with Crippen LogP contribution in [0.1, 0.15) is 18.2 Å². The van der Waals surface area contributed by atoms with Crippen LogP contribution in [0.3, 0.4) is 0 Å². The Hall–Kier alpha value is -0.970. The second kappa shape index (κ2) is 3.41. The summed E-state index contributed by atoms with van der Waals surface area (Å²) >= 11 is 0. The van der Waals surface area contributed by atoms with Crippen LogP contribution in [0.5, 0.6) is 0 Å². The Balaban J connectivity index is 2.69. The van der Waals surface area contributed by atoms with Gasteiger partial charge in [0, 0.05) is 18.9 Å². The molecule has 0 amide bonds. The highest BCUT2D eigenvalue weighted by atomic mass is 19.4. The number of halogens is 3. The maximum absolute atomic E-state index is 11.9. The Bertz CT molecular complexity index is 277. The molecule has 0 aromatic carbocycles. The van der Waals surface area contributed by atoms with Crippen LogP contribution >= 0.6 is 0 Å². The van der Waals surface area contributed by atoms with E-state index in [-0.39, 0.29) is 0 Å². The summed E-state index contributed by atoms with van der Waals surface area (Å²) in [4.78, 5) is 0. The van der Waals surface area contributed by atoms with Crippen molar-refractivity contribution in [1.82, 2.24) is 4.57 Å². The summed E-state index contributed by atoms with van der Waals surface area (Å²) in [7, 11) is 1.67. The van der Waals surface area contributed by atoms with Gasteiger partial charge >= 0.3 is 6.18 Å². The molecular formula is C8H11F3N2. The molecule has 1 rings (SSSR count). The van der Waals surface area contributed by atoms with Crippen molar-refractivity contribution in [2.75, 3.05) is 0 Å². The van der Waals surface area contributed by atoms with Crippen LogP contribution in [0.25, 0.3) is 0 Å². The molecule has 0 aliphatic rings. The first-order valence-electron chi connectivity index (χ1n) is 3.84. The molecule has 1 aromatic rings. The van der Waals surface area contributed by atoms with Gasteiger partial charge in [-0.3, -0.25) is 0 Å². The van der Waals surface area contributed by atoms with Crippen molar-refractivity contribution < 1.29 is 13.2 Å². The normalized spacial score (nSPS) is 14.5. The van der Waals surface area contributed by atoms with E-state index in [1.54, 1.807) is 29.9 Å². The standard InChI is InChI=1S/C8H11F3N2/c1-13-4-2-3-7(13)6(12)5-8(9,10)11/h2-4,6H,5,12H2,1H3/t6-/m1/s1. The highest BCUT2D eigenvalue weighted by Crippen LogP contribution is 2.27. The van der Waals surface area contributed by atoms with Crippen LogP contribution in [-0.4, -0.2) is 10.7 Å². The van der Waals surface area contributed by atoms with Gasteiger partial charge < -0.3 is 10.3 Å². The second-order valence-electron chi connectivity index (χ2n) is 2.97. The molecule has 1 heterocycles. The van der Waals surface area contributed by atoms with E-state index in [1.165, 1.54) is 0 Å². The Labute approximate surface area is 74.1 Å². The molecule has 2 nitrogen and oxygen atoms in total. The zero-order valence-corrected chi connectivity index (χ0v) is 7.17. The molecule has 0 unspecified atom stereocenters. The van der Waals surface area contributed by atoms with Gasteiger partial charge in [-0.1, -0.05) is 0 Å². The number of nitrogens with two attached hydrogens (primary N) is 1. The number of rotatable bonds is 2. The molecule has 0 radical (unpaired) electrons. The topological polar surface area (TPSA) is 30.9 Å². The van der Waals surface area contributed by atoms with Crippen molar-refractivity contribution in [3.63, 3.8) is 0 Å².